The first-order chi connectivity index (χ1) is 7.72. The summed E-state index contributed by atoms with van der Waals surface area (Å²) in [5, 5.41) is 9.13. The van der Waals surface area contributed by atoms with E-state index in [1.165, 1.54) is 0 Å². The summed E-state index contributed by atoms with van der Waals surface area (Å²) in [6, 6.07) is 0.241. The van der Waals surface area contributed by atoms with Crippen molar-refractivity contribution in [3.05, 3.63) is 16.6 Å². The van der Waals surface area contributed by atoms with E-state index in [1.54, 1.807) is 17.5 Å². The fraction of sp³-hybridized carbons (Fsp3) is 0.636. The van der Waals surface area contributed by atoms with Crippen molar-refractivity contribution in [2.45, 2.75) is 32.7 Å². The van der Waals surface area contributed by atoms with Crippen LogP contribution in [-0.4, -0.2) is 30.0 Å². The standard InChI is InChI=1S/C11H19N3OS/c1-3-12-9(2)8-10(15)13-5-4-11-14-6-7-16-11/h6-7,9,12H,3-5,8H2,1-2H3,(H,13,15). The zero-order valence-corrected chi connectivity index (χ0v) is 10.6. The van der Waals surface area contributed by atoms with Crippen LogP contribution in [0.15, 0.2) is 11.6 Å². The molecule has 0 spiro atoms. The molecule has 90 valence electrons. The zero-order valence-electron chi connectivity index (χ0n) is 9.82. The minimum Gasteiger partial charge on any atom is -0.356 e. The van der Waals surface area contributed by atoms with Crippen LogP contribution in [0.25, 0.3) is 0 Å². The van der Waals surface area contributed by atoms with E-state index < -0.39 is 0 Å². The summed E-state index contributed by atoms with van der Waals surface area (Å²) in [6.07, 6.45) is 3.14. The lowest BCUT2D eigenvalue weighted by Crippen LogP contribution is -2.34. The van der Waals surface area contributed by atoms with E-state index in [0.29, 0.717) is 13.0 Å². The van der Waals surface area contributed by atoms with E-state index in [0.717, 1.165) is 18.0 Å². The quantitative estimate of drug-likeness (QED) is 0.754. The van der Waals surface area contributed by atoms with Crippen LogP contribution in [-0.2, 0) is 11.2 Å². The van der Waals surface area contributed by atoms with Crippen LogP contribution in [0.5, 0.6) is 0 Å². The van der Waals surface area contributed by atoms with Crippen molar-refractivity contribution in [3.8, 4) is 0 Å². The minimum absolute atomic E-state index is 0.102. The van der Waals surface area contributed by atoms with Gasteiger partial charge in [-0.2, -0.15) is 0 Å². The predicted molar refractivity (Wildman–Crippen MR) is 66.6 cm³/mol. The molecule has 1 heterocycles. The molecule has 0 saturated carbocycles. The Kier molecular flexibility index (Phi) is 6.03. The second-order valence-electron chi connectivity index (χ2n) is 3.69. The molecule has 1 atom stereocenters. The Bertz CT molecular complexity index is 300. The van der Waals surface area contributed by atoms with Gasteiger partial charge in [0.1, 0.15) is 0 Å². The third kappa shape index (κ3) is 5.23. The van der Waals surface area contributed by atoms with Gasteiger partial charge in [-0.1, -0.05) is 6.92 Å². The van der Waals surface area contributed by atoms with Crippen molar-refractivity contribution in [3.63, 3.8) is 0 Å². The van der Waals surface area contributed by atoms with Gasteiger partial charge in [-0.3, -0.25) is 4.79 Å². The fourth-order valence-electron chi connectivity index (χ4n) is 1.46. The van der Waals surface area contributed by atoms with Crippen molar-refractivity contribution < 1.29 is 4.79 Å². The lowest BCUT2D eigenvalue weighted by molar-refractivity contribution is -0.121. The Morgan fingerprint density at radius 2 is 2.44 bits per heavy atom. The molecule has 0 aliphatic heterocycles. The summed E-state index contributed by atoms with van der Waals surface area (Å²) in [7, 11) is 0. The average Bonchev–Trinajstić information content (AvgIpc) is 2.70. The number of thiazole rings is 1. The highest BCUT2D eigenvalue weighted by Crippen LogP contribution is 2.03. The summed E-state index contributed by atoms with van der Waals surface area (Å²) >= 11 is 1.62. The SMILES string of the molecule is CCNC(C)CC(=O)NCCc1nccs1. The van der Waals surface area contributed by atoms with Crippen LogP contribution in [0.2, 0.25) is 0 Å². The van der Waals surface area contributed by atoms with Gasteiger partial charge in [0, 0.05) is 37.0 Å². The summed E-state index contributed by atoms with van der Waals surface area (Å²) in [5.74, 6) is 0.102. The highest BCUT2D eigenvalue weighted by atomic mass is 32.1. The number of carbonyl (C=O) groups is 1. The number of carbonyl (C=O) groups excluding carboxylic acids is 1. The highest BCUT2D eigenvalue weighted by Gasteiger charge is 2.07. The van der Waals surface area contributed by atoms with Crippen LogP contribution in [0.3, 0.4) is 0 Å². The van der Waals surface area contributed by atoms with Crippen LogP contribution in [0.1, 0.15) is 25.3 Å². The van der Waals surface area contributed by atoms with Crippen molar-refractivity contribution in [2.24, 2.45) is 0 Å². The summed E-state index contributed by atoms with van der Waals surface area (Å²) in [5.41, 5.74) is 0. The second kappa shape index (κ2) is 7.35. The molecule has 1 aromatic rings. The molecule has 1 amide bonds. The number of amides is 1. The highest BCUT2D eigenvalue weighted by molar-refractivity contribution is 7.09. The Hall–Kier alpha value is -0.940. The topological polar surface area (TPSA) is 54.0 Å². The molecule has 0 aliphatic rings. The molecule has 0 aliphatic carbocycles. The number of rotatable bonds is 7. The molecule has 1 rings (SSSR count). The Labute approximate surface area is 100 Å². The Morgan fingerprint density at radius 1 is 1.62 bits per heavy atom. The van der Waals surface area contributed by atoms with E-state index in [2.05, 4.69) is 15.6 Å². The van der Waals surface area contributed by atoms with E-state index in [9.17, 15) is 4.79 Å². The average molecular weight is 241 g/mol. The van der Waals surface area contributed by atoms with Crippen LogP contribution < -0.4 is 10.6 Å². The van der Waals surface area contributed by atoms with Gasteiger partial charge in [0.2, 0.25) is 5.91 Å². The summed E-state index contributed by atoms with van der Waals surface area (Å²) in [4.78, 5) is 15.6. The van der Waals surface area contributed by atoms with Crippen LogP contribution >= 0.6 is 11.3 Å². The third-order valence-electron chi connectivity index (χ3n) is 2.19. The van der Waals surface area contributed by atoms with Crippen molar-refractivity contribution in [1.29, 1.82) is 0 Å². The molecule has 0 bridgehead atoms. The second-order valence-corrected chi connectivity index (χ2v) is 4.67. The molecule has 16 heavy (non-hydrogen) atoms. The fourth-order valence-corrected chi connectivity index (χ4v) is 2.08. The molecule has 0 saturated heterocycles. The van der Waals surface area contributed by atoms with E-state index in [4.69, 9.17) is 0 Å². The monoisotopic (exact) mass is 241 g/mol. The first-order valence-corrected chi connectivity index (χ1v) is 6.48. The van der Waals surface area contributed by atoms with E-state index in [1.807, 2.05) is 19.2 Å². The number of hydrogen-bond donors (Lipinski definition) is 2. The number of aromatic nitrogens is 1. The van der Waals surface area contributed by atoms with Gasteiger partial charge in [-0.05, 0) is 13.5 Å². The van der Waals surface area contributed by atoms with Gasteiger partial charge in [-0.15, -0.1) is 11.3 Å². The molecule has 1 unspecified atom stereocenters. The number of hydrogen-bond acceptors (Lipinski definition) is 4. The van der Waals surface area contributed by atoms with E-state index in [-0.39, 0.29) is 11.9 Å². The maximum atomic E-state index is 11.5. The van der Waals surface area contributed by atoms with Crippen LogP contribution in [0.4, 0.5) is 0 Å². The smallest absolute Gasteiger partial charge is 0.221 e. The van der Waals surface area contributed by atoms with Gasteiger partial charge in [0.15, 0.2) is 0 Å². The number of nitrogens with one attached hydrogen (secondary N) is 2. The van der Waals surface area contributed by atoms with Crippen molar-refractivity contribution in [2.75, 3.05) is 13.1 Å². The summed E-state index contributed by atoms with van der Waals surface area (Å²) < 4.78 is 0. The Morgan fingerprint density at radius 3 is 3.06 bits per heavy atom. The van der Waals surface area contributed by atoms with Gasteiger partial charge in [-0.25, -0.2) is 4.98 Å². The van der Waals surface area contributed by atoms with Crippen molar-refractivity contribution >= 4 is 17.2 Å². The molecule has 4 nitrogen and oxygen atoms in total. The van der Waals surface area contributed by atoms with Gasteiger partial charge in [0.05, 0.1) is 5.01 Å². The lowest BCUT2D eigenvalue weighted by Gasteiger charge is -2.11. The molecule has 0 aromatic carbocycles. The maximum Gasteiger partial charge on any atom is 0.221 e. The first kappa shape index (κ1) is 13.1. The van der Waals surface area contributed by atoms with Gasteiger partial charge >= 0.3 is 0 Å². The third-order valence-corrected chi connectivity index (χ3v) is 3.03. The Balaban J connectivity index is 2.10. The zero-order chi connectivity index (χ0) is 11.8. The van der Waals surface area contributed by atoms with Crippen LogP contribution in [0, 0.1) is 0 Å². The molecule has 0 fully saturated rings. The minimum atomic E-state index is 0.102. The summed E-state index contributed by atoms with van der Waals surface area (Å²) in [6.45, 7) is 5.62. The maximum absolute atomic E-state index is 11.5. The van der Waals surface area contributed by atoms with Gasteiger partial charge in [0.25, 0.3) is 0 Å². The lowest BCUT2D eigenvalue weighted by atomic mass is 10.2. The molecule has 0 radical (unpaired) electrons. The molecule has 1 aromatic heterocycles. The predicted octanol–water partition coefficient (Wildman–Crippen LogP) is 1.19. The molecular weight excluding hydrogens is 222 g/mol. The normalized spacial score (nSPS) is 12.4. The molecular formula is C11H19N3OS. The molecule has 2 N–H and O–H groups in total. The molecule has 5 heteroatoms. The van der Waals surface area contributed by atoms with Crippen molar-refractivity contribution in [1.82, 2.24) is 15.6 Å². The first-order valence-electron chi connectivity index (χ1n) is 5.60. The van der Waals surface area contributed by atoms with Gasteiger partial charge < -0.3 is 10.6 Å². The van der Waals surface area contributed by atoms with E-state index >= 15 is 0 Å². The largest absolute Gasteiger partial charge is 0.356 e. The number of nitrogens with zero attached hydrogens (tertiary/aromatic N) is 1.